The Kier molecular flexibility index (Phi) is 4.40. The van der Waals surface area contributed by atoms with Crippen molar-refractivity contribution >= 4 is 12.2 Å². The van der Waals surface area contributed by atoms with E-state index in [0.717, 1.165) is 5.56 Å². The Balaban J connectivity index is 1.93. The fourth-order valence-electron chi connectivity index (χ4n) is 3.71. The van der Waals surface area contributed by atoms with E-state index >= 15 is 0 Å². The normalized spacial score (nSPS) is 18.1. The Hall–Kier alpha value is -2.22. The summed E-state index contributed by atoms with van der Waals surface area (Å²) in [5.41, 5.74) is 5.55. The van der Waals surface area contributed by atoms with Crippen LogP contribution in [0.25, 0.3) is 12.2 Å². The Morgan fingerprint density at radius 1 is 0.840 bits per heavy atom. The highest BCUT2D eigenvalue weighted by molar-refractivity contribution is 5.71. The van der Waals surface area contributed by atoms with Gasteiger partial charge in [0.25, 0.3) is 0 Å². The second-order valence-corrected chi connectivity index (χ2v) is 8.34. The first-order valence-corrected chi connectivity index (χ1v) is 8.93. The van der Waals surface area contributed by atoms with E-state index in [9.17, 15) is 5.11 Å². The zero-order valence-electron chi connectivity index (χ0n) is 15.9. The first-order chi connectivity index (χ1) is 11.7. The molecule has 0 heterocycles. The van der Waals surface area contributed by atoms with Crippen molar-refractivity contribution in [2.75, 3.05) is 7.11 Å². The number of aromatic hydroxyl groups is 1. The molecule has 1 aliphatic rings. The van der Waals surface area contributed by atoms with Crippen LogP contribution in [0.1, 0.15) is 62.8 Å². The van der Waals surface area contributed by atoms with Crippen molar-refractivity contribution in [2.45, 2.75) is 51.4 Å². The molecule has 0 saturated carbocycles. The zero-order chi connectivity index (χ0) is 18.2. The van der Waals surface area contributed by atoms with Gasteiger partial charge in [-0.15, -0.1) is 0 Å². The molecular formula is C23H28O2. The van der Waals surface area contributed by atoms with Crippen molar-refractivity contribution in [1.82, 2.24) is 0 Å². The third-order valence-corrected chi connectivity index (χ3v) is 5.55. The van der Waals surface area contributed by atoms with Crippen LogP contribution < -0.4 is 4.74 Å². The number of rotatable bonds is 3. The minimum absolute atomic E-state index is 0.165. The maximum Gasteiger partial charge on any atom is 0.160 e. The molecule has 0 aromatic heterocycles. The molecule has 2 heteroatoms. The van der Waals surface area contributed by atoms with Crippen LogP contribution in [0.15, 0.2) is 36.4 Å². The predicted molar refractivity (Wildman–Crippen MR) is 105 cm³/mol. The molecule has 132 valence electrons. The average molecular weight is 336 g/mol. The Labute approximate surface area is 151 Å². The molecule has 3 rings (SSSR count). The van der Waals surface area contributed by atoms with E-state index in [1.807, 2.05) is 12.1 Å². The Morgan fingerprint density at radius 2 is 1.40 bits per heavy atom. The van der Waals surface area contributed by atoms with Crippen LogP contribution in [0.3, 0.4) is 0 Å². The molecule has 0 saturated heterocycles. The summed E-state index contributed by atoms with van der Waals surface area (Å²) in [6.07, 6.45) is 6.58. The van der Waals surface area contributed by atoms with Gasteiger partial charge in [-0.3, -0.25) is 0 Å². The van der Waals surface area contributed by atoms with Gasteiger partial charge in [0.2, 0.25) is 0 Å². The van der Waals surface area contributed by atoms with Crippen molar-refractivity contribution in [3.63, 3.8) is 0 Å². The fraction of sp³-hybridized carbons (Fsp3) is 0.391. The maximum absolute atomic E-state index is 9.91. The van der Waals surface area contributed by atoms with Crippen LogP contribution in [0.4, 0.5) is 0 Å². The number of phenols is 1. The van der Waals surface area contributed by atoms with E-state index in [-0.39, 0.29) is 16.6 Å². The van der Waals surface area contributed by atoms with Crippen LogP contribution in [-0.2, 0) is 10.8 Å². The number of hydrogen-bond acceptors (Lipinski definition) is 2. The highest BCUT2D eigenvalue weighted by Gasteiger charge is 2.36. The summed E-state index contributed by atoms with van der Waals surface area (Å²) in [5, 5.41) is 9.91. The lowest BCUT2D eigenvalue weighted by Crippen LogP contribution is -2.33. The second-order valence-electron chi connectivity index (χ2n) is 8.34. The lowest BCUT2D eigenvalue weighted by atomic mass is 9.63. The number of phenolic OH excluding ortho intramolecular Hbond substituents is 1. The lowest BCUT2D eigenvalue weighted by Gasteiger charge is -2.42. The topological polar surface area (TPSA) is 29.5 Å². The SMILES string of the molecule is COc1ccc(/C=C\c2ccc3c(c2)C(C)(C)CCC3(C)C)cc1O. The highest BCUT2D eigenvalue weighted by atomic mass is 16.5. The van der Waals surface area contributed by atoms with Gasteiger partial charge in [0.15, 0.2) is 11.5 Å². The van der Waals surface area contributed by atoms with Gasteiger partial charge in [-0.05, 0) is 58.1 Å². The molecule has 1 aliphatic carbocycles. The van der Waals surface area contributed by atoms with Crippen molar-refractivity contribution in [3.05, 3.63) is 58.7 Å². The molecule has 0 amide bonds. The van der Waals surface area contributed by atoms with Crippen molar-refractivity contribution in [3.8, 4) is 11.5 Å². The predicted octanol–water partition coefficient (Wildman–Crippen LogP) is 5.92. The summed E-state index contributed by atoms with van der Waals surface area (Å²) in [7, 11) is 1.56. The second kappa shape index (κ2) is 6.25. The molecule has 0 radical (unpaired) electrons. The molecule has 2 aromatic carbocycles. The van der Waals surface area contributed by atoms with E-state index in [4.69, 9.17) is 4.74 Å². The van der Waals surface area contributed by atoms with Crippen LogP contribution >= 0.6 is 0 Å². The van der Waals surface area contributed by atoms with Gasteiger partial charge >= 0.3 is 0 Å². The summed E-state index contributed by atoms with van der Waals surface area (Å²) >= 11 is 0. The molecule has 0 atom stereocenters. The summed E-state index contributed by atoms with van der Waals surface area (Å²) in [5.74, 6) is 0.660. The van der Waals surface area contributed by atoms with E-state index in [0.29, 0.717) is 5.75 Å². The molecule has 0 aliphatic heterocycles. The van der Waals surface area contributed by atoms with Crippen molar-refractivity contribution in [2.24, 2.45) is 0 Å². The molecule has 2 aromatic rings. The summed E-state index contributed by atoms with van der Waals surface area (Å²) in [4.78, 5) is 0. The number of benzene rings is 2. The summed E-state index contributed by atoms with van der Waals surface area (Å²) in [6, 6.07) is 12.3. The smallest absolute Gasteiger partial charge is 0.160 e. The molecule has 1 N–H and O–H groups in total. The fourth-order valence-corrected chi connectivity index (χ4v) is 3.71. The summed E-state index contributed by atoms with van der Waals surface area (Å²) < 4.78 is 5.09. The number of methoxy groups -OCH3 is 1. The quantitative estimate of drug-likeness (QED) is 0.705. The minimum atomic E-state index is 0.165. The van der Waals surface area contributed by atoms with Crippen LogP contribution in [-0.4, -0.2) is 12.2 Å². The largest absolute Gasteiger partial charge is 0.504 e. The van der Waals surface area contributed by atoms with Crippen LogP contribution in [0.5, 0.6) is 11.5 Å². The van der Waals surface area contributed by atoms with Gasteiger partial charge in [-0.1, -0.05) is 64.1 Å². The van der Waals surface area contributed by atoms with E-state index in [2.05, 4.69) is 52.0 Å². The van der Waals surface area contributed by atoms with Gasteiger partial charge < -0.3 is 9.84 Å². The van der Waals surface area contributed by atoms with Crippen molar-refractivity contribution in [1.29, 1.82) is 0 Å². The molecule has 0 bridgehead atoms. The number of fused-ring (bicyclic) bond motifs is 1. The monoisotopic (exact) mass is 336 g/mol. The number of hydrogen-bond donors (Lipinski definition) is 1. The Morgan fingerprint density at radius 3 is 2.00 bits per heavy atom. The molecule has 0 spiro atoms. The van der Waals surface area contributed by atoms with Crippen LogP contribution in [0.2, 0.25) is 0 Å². The summed E-state index contributed by atoms with van der Waals surface area (Å²) in [6.45, 7) is 9.37. The first kappa shape index (κ1) is 17.6. The average Bonchev–Trinajstić information content (AvgIpc) is 2.57. The van der Waals surface area contributed by atoms with Gasteiger partial charge in [-0.2, -0.15) is 0 Å². The third kappa shape index (κ3) is 3.44. The highest BCUT2D eigenvalue weighted by Crippen LogP contribution is 2.46. The minimum Gasteiger partial charge on any atom is -0.504 e. The van der Waals surface area contributed by atoms with Gasteiger partial charge in [0, 0.05) is 0 Å². The molecule has 2 nitrogen and oxygen atoms in total. The van der Waals surface area contributed by atoms with Gasteiger partial charge in [0.1, 0.15) is 0 Å². The third-order valence-electron chi connectivity index (χ3n) is 5.55. The molecule has 25 heavy (non-hydrogen) atoms. The molecule has 0 fully saturated rings. The lowest BCUT2D eigenvalue weighted by molar-refractivity contribution is 0.332. The zero-order valence-corrected chi connectivity index (χ0v) is 15.9. The molecular weight excluding hydrogens is 308 g/mol. The van der Waals surface area contributed by atoms with E-state index in [1.165, 1.54) is 29.5 Å². The molecule has 0 unspecified atom stereocenters. The van der Waals surface area contributed by atoms with E-state index < -0.39 is 0 Å². The standard InChI is InChI=1S/C23H28O2/c1-22(2)12-13-23(3,4)19-14-16(8-10-18(19)22)6-7-17-9-11-21(25-5)20(24)15-17/h6-11,14-15,24H,12-13H2,1-5H3/b7-6-. The van der Waals surface area contributed by atoms with Gasteiger partial charge in [-0.25, -0.2) is 0 Å². The van der Waals surface area contributed by atoms with Crippen molar-refractivity contribution < 1.29 is 9.84 Å². The Bertz CT molecular complexity index is 813. The first-order valence-electron chi connectivity index (χ1n) is 8.93. The maximum atomic E-state index is 9.91. The van der Waals surface area contributed by atoms with E-state index in [1.54, 1.807) is 19.2 Å². The van der Waals surface area contributed by atoms with Gasteiger partial charge in [0.05, 0.1) is 7.11 Å². The van der Waals surface area contributed by atoms with Crippen LogP contribution in [0, 0.1) is 0 Å². The number of ether oxygens (including phenoxy) is 1.